The first-order chi connectivity index (χ1) is 9.65. The highest BCUT2D eigenvalue weighted by Gasteiger charge is 2.14. The van der Waals surface area contributed by atoms with E-state index in [-0.39, 0.29) is 0 Å². The zero-order valence-corrected chi connectivity index (χ0v) is 11.7. The number of benzene rings is 1. The molecular weight excluding hydrogens is 248 g/mol. The summed E-state index contributed by atoms with van der Waals surface area (Å²) in [5, 5.41) is 0. The van der Waals surface area contributed by atoms with Gasteiger partial charge in [-0.25, -0.2) is 4.98 Å². The summed E-state index contributed by atoms with van der Waals surface area (Å²) in [6, 6.07) is 11.9. The second kappa shape index (κ2) is 4.96. The maximum atomic E-state index is 5.85. The summed E-state index contributed by atoms with van der Waals surface area (Å²) in [7, 11) is 0. The molecule has 2 N–H and O–H groups in total. The van der Waals surface area contributed by atoms with E-state index in [9.17, 15) is 0 Å². The molecule has 0 spiro atoms. The van der Waals surface area contributed by atoms with E-state index in [0.29, 0.717) is 5.92 Å². The van der Waals surface area contributed by atoms with E-state index in [1.54, 1.807) is 0 Å². The third kappa shape index (κ3) is 2.25. The number of pyridine rings is 1. The van der Waals surface area contributed by atoms with Gasteiger partial charge in [0.2, 0.25) is 0 Å². The van der Waals surface area contributed by atoms with Crippen molar-refractivity contribution in [3.63, 3.8) is 0 Å². The molecule has 3 aromatic rings. The van der Waals surface area contributed by atoms with Gasteiger partial charge in [-0.3, -0.25) is 4.98 Å². The maximum Gasteiger partial charge on any atom is 0.112 e. The minimum Gasteiger partial charge on any atom is -0.399 e. The Morgan fingerprint density at radius 1 is 1.20 bits per heavy atom. The Labute approximate surface area is 118 Å². The van der Waals surface area contributed by atoms with E-state index in [0.717, 1.165) is 34.8 Å². The Morgan fingerprint density at radius 3 is 2.75 bits per heavy atom. The summed E-state index contributed by atoms with van der Waals surface area (Å²) >= 11 is 0. The smallest absolute Gasteiger partial charge is 0.112 e. The zero-order chi connectivity index (χ0) is 14.1. The number of rotatable bonds is 3. The molecule has 1 aromatic carbocycles. The van der Waals surface area contributed by atoms with Gasteiger partial charge in [0.05, 0.1) is 23.3 Å². The highest BCUT2D eigenvalue weighted by molar-refractivity contribution is 5.79. The second-order valence-electron chi connectivity index (χ2n) is 5.28. The number of imidazole rings is 1. The molecule has 0 aliphatic heterocycles. The van der Waals surface area contributed by atoms with Crippen LogP contribution >= 0.6 is 0 Å². The summed E-state index contributed by atoms with van der Waals surface area (Å²) in [6.45, 7) is 5.04. The van der Waals surface area contributed by atoms with Crippen LogP contribution in [0, 0.1) is 0 Å². The van der Waals surface area contributed by atoms with E-state index < -0.39 is 0 Å². The Kier molecular flexibility index (Phi) is 3.14. The van der Waals surface area contributed by atoms with Crippen LogP contribution in [0.3, 0.4) is 0 Å². The number of hydrogen-bond acceptors (Lipinski definition) is 3. The van der Waals surface area contributed by atoms with Gasteiger partial charge in [-0.15, -0.1) is 0 Å². The molecule has 0 amide bonds. The van der Waals surface area contributed by atoms with E-state index in [1.807, 2.05) is 42.6 Å². The highest BCUT2D eigenvalue weighted by atomic mass is 15.1. The van der Waals surface area contributed by atoms with Gasteiger partial charge in [-0.05, 0) is 30.3 Å². The third-order valence-corrected chi connectivity index (χ3v) is 3.36. The molecule has 0 atom stereocenters. The van der Waals surface area contributed by atoms with Crippen molar-refractivity contribution in [1.29, 1.82) is 0 Å². The minimum atomic E-state index is 0.354. The van der Waals surface area contributed by atoms with Crippen LogP contribution in [0.5, 0.6) is 0 Å². The molecule has 0 fully saturated rings. The van der Waals surface area contributed by atoms with Crippen molar-refractivity contribution in [2.24, 2.45) is 0 Å². The van der Waals surface area contributed by atoms with Gasteiger partial charge in [-0.1, -0.05) is 19.9 Å². The highest BCUT2D eigenvalue weighted by Crippen LogP contribution is 2.24. The molecule has 2 aromatic heterocycles. The van der Waals surface area contributed by atoms with Crippen LogP contribution in [0.1, 0.15) is 31.3 Å². The lowest BCUT2D eigenvalue weighted by molar-refractivity contribution is 0.675. The predicted molar refractivity (Wildman–Crippen MR) is 81.6 cm³/mol. The lowest BCUT2D eigenvalue weighted by atomic mass is 10.2. The predicted octanol–water partition coefficient (Wildman–Crippen LogP) is 3.19. The van der Waals surface area contributed by atoms with Crippen molar-refractivity contribution in [3.05, 3.63) is 54.1 Å². The standard InChI is InChI=1S/C16H18N4/c1-11(2)16-19-14-9-12(17)6-7-15(14)20(16)10-13-5-3-4-8-18-13/h3-9,11H,10,17H2,1-2H3. The Hall–Kier alpha value is -2.36. The van der Waals surface area contributed by atoms with Crippen LogP contribution in [0.4, 0.5) is 5.69 Å². The molecule has 0 bridgehead atoms. The molecule has 0 saturated carbocycles. The quantitative estimate of drug-likeness (QED) is 0.741. The monoisotopic (exact) mass is 266 g/mol. The Balaban J connectivity index is 2.14. The summed E-state index contributed by atoms with van der Waals surface area (Å²) in [5.41, 5.74) is 9.68. The lowest BCUT2D eigenvalue weighted by Gasteiger charge is -2.11. The van der Waals surface area contributed by atoms with Crippen molar-refractivity contribution in [3.8, 4) is 0 Å². The van der Waals surface area contributed by atoms with Crippen LogP contribution in [-0.2, 0) is 6.54 Å². The Morgan fingerprint density at radius 2 is 2.05 bits per heavy atom. The van der Waals surface area contributed by atoms with Crippen molar-refractivity contribution >= 4 is 16.7 Å². The number of anilines is 1. The van der Waals surface area contributed by atoms with E-state index >= 15 is 0 Å². The average Bonchev–Trinajstić information content (AvgIpc) is 2.78. The van der Waals surface area contributed by atoms with E-state index in [2.05, 4.69) is 23.4 Å². The Bertz CT molecular complexity index is 729. The lowest BCUT2D eigenvalue weighted by Crippen LogP contribution is -2.07. The number of nitrogen functional groups attached to an aromatic ring is 1. The van der Waals surface area contributed by atoms with Crippen molar-refractivity contribution in [2.75, 3.05) is 5.73 Å². The SMILES string of the molecule is CC(C)c1nc2cc(N)ccc2n1Cc1ccccn1. The third-order valence-electron chi connectivity index (χ3n) is 3.36. The van der Waals surface area contributed by atoms with Gasteiger partial charge in [0, 0.05) is 17.8 Å². The summed E-state index contributed by atoms with van der Waals surface area (Å²) in [5.74, 6) is 1.42. The fourth-order valence-corrected chi connectivity index (χ4v) is 2.43. The van der Waals surface area contributed by atoms with Crippen molar-refractivity contribution in [2.45, 2.75) is 26.3 Å². The largest absolute Gasteiger partial charge is 0.399 e. The molecular formula is C16H18N4. The minimum absolute atomic E-state index is 0.354. The van der Waals surface area contributed by atoms with Gasteiger partial charge in [0.1, 0.15) is 5.82 Å². The summed E-state index contributed by atoms with van der Waals surface area (Å²) in [4.78, 5) is 9.13. The molecule has 0 aliphatic carbocycles. The molecule has 2 heterocycles. The molecule has 20 heavy (non-hydrogen) atoms. The average molecular weight is 266 g/mol. The topological polar surface area (TPSA) is 56.7 Å². The zero-order valence-electron chi connectivity index (χ0n) is 11.7. The summed E-state index contributed by atoms with van der Waals surface area (Å²) in [6.07, 6.45) is 1.82. The first-order valence-electron chi connectivity index (χ1n) is 6.80. The van der Waals surface area contributed by atoms with Crippen LogP contribution in [-0.4, -0.2) is 14.5 Å². The fraction of sp³-hybridized carbons (Fsp3) is 0.250. The number of hydrogen-bond donors (Lipinski definition) is 1. The molecule has 0 aliphatic rings. The van der Waals surface area contributed by atoms with E-state index in [1.165, 1.54) is 0 Å². The van der Waals surface area contributed by atoms with Crippen LogP contribution < -0.4 is 5.73 Å². The van der Waals surface area contributed by atoms with Crippen LogP contribution in [0.25, 0.3) is 11.0 Å². The maximum absolute atomic E-state index is 5.85. The molecule has 3 rings (SSSR count). The molecule has 0 radical (unpaired) electrons. The number of aromatic nitrogens is 3. The van der Waals surface area contributed by atoms with E-state index in [4.69, 9.17) is 10.7 Å². The van der Waals surface area contributed by atoms with Gasteiger partial charge in [-0.2, -0.15) is 0 Å². The van der Waals surface area contributed by atoms with Gasteiger partial charge in [0.25, 0.3) is 0 Å². The molecule has 0 unspecified atom stereocenters. The first kappa shape index (κ1) is 12.7. The van der Waals surface area contributed by atoms with Gasteiger partial charge in [0.15, 0.2) is 0 Å². The summed E-state index contributed by atoms with van der Waals surface area (Å²) < 4.78 is 2.22. The van der Waals surface area contributed by atoms with Crippen molar-refractivity contribution in [1.82, 2.24) is 14.5 Å². The van der Waals surface area contributed by atoms with Crippen LogP contribution in [0.15, 0.2) is 42.6 Å². The molecule has 102 valence electrons. The van der Waals surface area contributed by atoms with Gasteiger partial charge >= 0.3 is 0 Å². The number of nitrogens with zero attached hydrogens (tertiary/aromatic N) is 3. The number of nitrogens with two attached hydrogens (primary N) is 1. The fourth-order valence-electron chi connectivity index (χ4n) is 2.43. The normalized spacial score (nSPS) is 11.3. The van der Waals surface area contributed by atoms with Gasteiger partial charge < -0.3 is 10.3 Å². The second-order valence-corrected chi connectivity index (χ2v) is 5.28. The first-order valence-corrected chi connectivity index (χ1v) is 6.80. The molecule has 4 heteroatoms. The van der Waals surface area contributed by atoms with Crippen LogP contribution in [0.2, 0.25) is 0 Å². The molecule has 4 nitrogen and oxygen atoms in total. The molecule has 0 saturated heterocycles. The number of fused-ring (bicyclic) bond motifs is 1. The van der Waals surface area contributed by atoms with Crippen molar-refractivity contribution < 1.29 is 0 Å².